The molecule has 0 atom stereocenters. The minimum Gasteiger partial charge on any atom is -0.316 e. The molecular formula is C14H11NS. The van der Waals surface area contributed by atoms with E-state index in [9.17, 15) is 0 Å². The van der Waals surface area contributed by atoms with Crippen LogP contribution in [-0.2, 0) is 0 Å². The molecule has 0 amide bonds. The molecule has 0 unspecified atom stereocenters. The molecule has 0 radical (unpaired) electrons. The van der Waals surface area contributed by atoms with Gasteiger partial charge in [0.2, 0.25) is 0 Å². The zero-order chi connectivity index (χ0) is 10.8. The lowest BCUT2D eigenvalue weighted by Gasteiger charge is -1.97. The lowest BCUT2D eigenvalue weighted by atomic mass is 10.2. The molecule has 78 valence electrons. The largest absolute Gasteiger partial charge is 0.316 e. The van der Waals surface area contributed by atoms with Gasteiger partial charge in [0, 0.05) is 17.3 Å². The van der Waals surface area contributed by atoms with Gasteiger partial charge in [-0.2, -0.15) is 0 Å². The molecule has 0 saturated carbocycles. The number of hydrogen-bond acceptors (Lipinski definition) is 1. The Labute approximate surface area is 98.6 Å². The molecule has 2 aromatic heterocycles. The van der Waals surface area contributed by atoms with E-state index in [1.165, 1.54) is 15.4 Å². The normalized spacial score (nSPS) is 10.5. The van der Waals surface area contributed by atoms with E-state index < -0.39 is 0 Å². The molecule has 0 fully saturated rings. The van der Waals surface area contributed by atoms with Crippen LogP contribution in [0.1, 0.15) is 0 Å². The summed E-state index contributed by atoms with van der Waals surface area (Å²) in [6.07, 6.45) is 4.14. The second kappa shape index (κ2) is 3.99. The van der Waals surface area contributed by atoms with Crippen molar-refractivity contribution in [3.8, 4) is 15.4 Å². The molecule has 0 aliphatic carbocycles. The summed E-state index contributed by atoms with van der Waals surface area (Å²) in [5.41, 5.74) is 1.28. The summed E-state index contributed by atoms with van der Waals surface area (Å²) < 4.78 is 2.14. The predicted molar refractivity (Wildman–Crippen MR) is 69.1 cm³/mol. The van der Waals surface area contributed by atoms with Gasteiger partial charge in [-0.3, -0.25) is 0 Å². The fraction of sp³-hybridized carbons (Fsp3) is 0. The Morgan fingerprint density at radius 2 is 1.50 bits per heavy atom. The summed E-state index contributed by atoms with van der Waals surface area (Å²) in [5, 5.41) is 1.25. The summed E-state index contributed by atoms with van der Waals surface area (Å²) in [6.45, 7) is 0. The number of aromatic nitrogens is 1. The summed E-state index contributed by atoms with van der Waals surface area (Å²) in [5.74, 6) is 0. The Balaban J connectivity index is 2.00. The SMILES string of the molecule is c1ccc(-c2ccc(-n3cccc3)s2)cc1. The van der Waals surface area contributed by atoms with Gasteiger partial charge in [0.05, 0.1) is 5.00 Å². The first-order valence-electron chi connectivity index (χ1n) is 5.22. The first-order valence-corrected chi connectivity index (χ1v) is 6.04. The van der Waals surface area contributed by atoms with Crippen molar-refractivity contribution < 1.29 is 0 Å². The number of benzene rings is 1. The zero-order valence-corrected chi connectivity index (χ0v) is 9.52. The first kappa shape index (κ1) is 9.43. The molecule has 0 spiro atoms. The molecule has 0 bridgehead atoms. The summed E-state index contributed by atoms with van der Waals surface area (Å²) in [6, 6.07) is 18.9. The molecule has 0 aliphatic rings. The first-order chi connectivity index (χ1) is 7.93. The van der Waals surface area contributed by atoms with Crippen LogP contribution in [0.5, 0.6) is 0 Å². The van der Waals surface area contributed by atoms with Crippen molar-refractivity contribution in [2.45, 2.75) is 0 Å². The van der Waals surface area contributed by atoms with Crippen LogP contribution in [-0.4, -0.2) is 4.57 Å². The number of thiophene rings is 1. The van der Waals surface area contributed by atoms with Crippen molar-refractivity contribution >= 4 is 11.3 Å². The molecule has 16 heavy (non-hydrogen) atoms. The molecule has 0 N–H and O–H groups in total. The highest BCUT2D eigenvalue weighted by Crippen LogP contribution is 2.29. The Kier molecular flexibility index (Phi) is 2.35. The van der Waals surface area contributed by atoms with Gasteiger partial charge in [0.15, 0.2) is 0 Å². The molecule has 3 aromatic rings. The van der Waals surface area contributed by atoms with Crippen LogP contribution in [0.15, 0.2) is 67.0 Å². The smallest absolute Gasteiger partial charge is 0.0995 e. The van der Waals surface area contributed by atoms with Gasteiger partial charge in [-0.1, -0.05) is 30.3 Å². The zero-order valence-electron chi connectivity index (χ0n) is 8.71. The lowest BCUT2D eigenvalue weighted by Crippen LogP contribution is -1.81. The van der Waals surface area contributed by atoms with Crippen LogP contribution >= 0.6 is 11.3 Å². The van der Waals surface area contributed by atoms with Crippen LogP contribution in [0.3, 0.4) is 0 Å². The van der Waals surface area contributed by atoms with Gasteiger partial charge in [-0.05, 0) is 29.8 Å². The van der Waals surface area contributed by atoms with Crippen LogP contribution < -0.4 is 0 Å². The fourth-order valence-electron chi connectivity index (χ4n) is 1.71. The minimum atomic E-state index is 1.25. The average Bonchev–Trinajstić information content (AvgIpc) is 3.01. The van der Waals surface area contributed by atoms with E-state index in [1.807, 2.05) is 18.2 Å². The highest BCUT2D eigenvalue weighted by molar-refractivity contribution is 7.17. The third-order valence-corrected chi connectivity index (χ3v) is 3.66. The van der Waals surface area contributed by atoms with E-state index in [-0.39, 0.29) is 0 Å². The molecule has 1 aromatic carbocycles. The number of hydrogen-bond donors (Lipinski definition) is 0. The predicted octanol–water partition coefficient (Wildman–Crippen LogP) is 4.21. The molecular weight excluding hydrogens is 214 g/mol. The minimum absolute atomic E-state index is 1.25. The van der Waals surface area contributed by atoms with Gasteiger partial charge < -0.3 is 4.57 Å². The second-order valence-electron chi connectivity index (χ2n) is 3.59. The van der Waals surface area contributed by atoms with E-state index in [2.05, 4.69) is 53.4 Å². The second-order valence-corrected chi connectivity index (χ2v) is 4.66. The van der Waals surface area contributed by atoms with Crippen LogP contribution in [0.4, 0.5) is 0 Å². The van der Waals surface area contributed by atoms with Gasteiger partial charge in [0.25, 0.3) is 0 Å². The third kappa shape index (κ3) is 1.68. The summed E-state index contributed by atoms with van der Waals surface area (Å²) in [4.78, 5) is 1.31. The third-order valence-electron chi connectivity index (χ3n) is 2.51. The topological polar surface area (TPSA) is 4.93 Å². The summed E-state index contributed by atoms with van der Waals surface area (Å²) >= 11 is 1.81. The molecule has 0 saturated heterocycles. The Morgan fingerprint density at radius 1 is 0.750 bits per heavy atom. The molecule has 0 aliphatic heterocycles. The molecule has 2 heterocycles. The van der Waals surface area contributed by atoms with Crippen molar-refractivity contribution in [3.05, 3.63) is 67.0 Å². The Morgan fingerprint density at radius 3 is 2.25 bits per heavy atom. The van der Waals surface area contributed by atoms with Crippen molar-refractivity contribution in [1.29, 1.82) is 0 Å². The van der Waals surface area contributed by atoms with Gasteiger partial charge in [0.1, 0.15) is 0 Å². The van der Waals surface area contributed by atoms with Crippen molar-refractivity contribution in [2.24, 2.45) is 0 Å². The van der Waals surface area contributed by atoms with E-state index in [0.717, 1.165) is 0 Å². The maximum Gasteiger partial charge on any atom is 0.0995 e. The Hall–Kier alpha value is -1.80. The van der Waals surface area contributed by atoms with E-state index >= 15 is 0 Å². The van der Waals surface area contributed by atoms with Crippen molar-refractivity contribution in [2.75, 3.05) is 0 Å². The maximum atomic E-state index is 2.18. The van der Waals surface area contributed by atoms with Gasteiger partial charge >= 0.3 is 0 Å². The number of rotatable bonds is 2. The van der Waals surface area contributed by atoms with Crippen LogP contribution in [0.2, 0.25) is 0 Å². The van der Waals surface area contributed by atoms with Crippen molar-refractivity contribution in [1.82, 2.24) is 4.57 Å². The molecule has 3 rings (SSSR count). The van der Waals surface area contributed by atoms with E-state index in [4.69, 9.17) is 0 Å². The van der Waals surface area contributed by atoms with E-state index in [0.29, 0.717) is 0 Å². The lowest BCUT2D eigenvalue weighted by molar-refractivity contribution is 1.11. The highest BCUT2D eigenvalue weighted by Gasteiger charge is 2.02. The number of nitrogens with zero attached hydrogens (tertiary/aromatic N) is 1. The van der Waals surface area contributed by atoms with E-state index in [1.54, 1.807) is 11.3 Å². The fourth-order valence-corrected chi connectivity index (χ4v) is 2.68. The molecule has 2 heteroatoms. The average molecular weight is 225 g/mol. The summed E-state index contributed by atoms with van der Waals surface area (Å²) in [7, 11) is 0. The van der Waals surface area contributed by atoms with Crippen LogP contribution in [0.25, 0.3) is 15.4 Å². The van der Waals surface area contributed by atoms with Gasteiger partial charge in [-0.25, -0.2) is 0 Å². The monoisotopic (exact) mass is 225 g/mol. The molecule has 1 nitrogen and oxygen atoms in total. The van der Waals surface area contributed by atoms with Crippen LogP contribution in [0, 0.1) is 0 Å². The standard InChI is InChI=1S/C14H11NS/c1-2-6-12(7-3-1)13-8-9-14(16-13)15-10-4-5-11-15/h1-11H. The van der Waals surface area contributed by atoms with Crippen molar-refractivity contribution in [3.63, 3.8) is 0 Å². The Bertz CT molecular complexity index is 564. The quantitative estimate of drug-likeness (QED) is 0.616. The highest BCUT2D eigenvalue weighted by atomic mass is 32.1. The maximum absolute atomic E-state index is 2.18. The van der Waals surface area contributed by atoms with Gasteiger partial charge in [-0.15, -0.1) is 11.3 Å².